The molecule has 0 heterocycles. The van der Waals surface area contributed by atoms with Crippen LogP contribution < -0.4 is 0 Å². The quantitative estimate of drug-likeness (QED) is 0.305. The van der Waals surface area contributed by atoms with Gasteiger partial charge in [-0.3, -0.25) is 4.79 Å². The summed E-state index contributed by atoms with van der Waals surface area (Å²) in [6.45, 7) is 4.46. The molecule has 0 atom stereocenters. The smallest absolute Gasteiger partial charge is 0.306 e. The molecule has 0 aromatic heterocycles. The van der Waals surface area contributed by atoms with Gasteiger partial charge in [0, 0.05) is 6.42 Å². The maximum absolute atomic E-state index is 11.9. The zero-order valence-electron chi connectivity index (χ0n) is 20.9. The first-order valence-corrected chi connectivity index (χ1v) is 14.4. The summed E-state index contributed by atoms with van der Waals surface area (Å²) in [7, 11) is 0. The Morgan fingerprint density at radius 1 is 0.613 bits per heavy atom. The number of ether oxygens (including phenoxy) is 1. The Labute approximate surface area is 193 Å². The van der Waals surface area contributed by atoms with Crippen molar-refractivity contribution >= 4 is 5.97 Å². The van der Waals surface area contributed by atoms with Crippen molar-refractivity contribution in [2.75, 3.05) is 0 Å². The monoisotopic (exact) mass is 432 g/mol. The van der Waals surface area contributed by atoms with Gasteiger partial charge >= 0.3 is 5.97 Å². The normalized spacial score (nSPS) is 34.4. The average molecular weight is 433 g/mol. The lowest BCUT2D eigenvalue weighted by Crippen LogP contribution is -2.29. The summed E-state index contributed by atoms with van der Waals surface area (Å²) in [5, 5.41) is 0. The summed E-state index contributed by atoms with van der Waals surface area (Å²) >= 11 is 0. The van der Waals surface area contributed by atoms with Crippen molar-refractivity contribution in [2.24, 2.45) is 29.6 Å². The molecule has 0 amide bonds. The van der Waals surface area contributed by atoms with Crippen molar-refractivity contribution in [3.63, 3.8) is 0 Å². The van der Waals surface area contributed by atoms with Crippen molar-refractivity contribution < 1.29 is 9.53 Å². The predicted molar refractivity (Wildman–Crippen MR) is 131 cm³/mol. The number of hydrogen-bond acceptors (Lipinski definition) is 2. The van der Waals surface area contributed by atoms with Crippen molar-refractivity contribution in [1.29, 1.82) is 0 Å². The van der Waals surface area contributed by atoms with E-state index in [1.165, 1.54) is 96.3 Å². The topological polar surface area (TPSA) is 26.3 Å². The number of esters is 1. The highest BCUT2D eigenvalue weighted by Crippen LogP contribution is 2.42. The number of unbranched alkanes of at least 4 members (excludes halogenated alkanes) is 2. The number of carbonyl (C=O) groups excluding carboxylic acids is 1. The molecule has 0 aromatic rings. The van der Waals surface area contributed by atoms with Gasteiger partial charge in [0.25, 0.3) is 0 Å². The summed E-state index contributed by atoms with van der Waals surface area (Å²) in [4.78, 5) is 11.9. The molecule has 0 spiro atoms. The van der Waals surface area contributed by atoms with E-state index in [2.05, 4.69) is 13.8 Å². The van der Waals surface area contributed by atoms with E-state index < -0.39 is 0 Å². The van der Waals surface area contributed by atoms with Gasteiger partial charge in [-0.15, -0.1) is 0 Å². The predicted octanol–water partition coefficient (Wildman–Crippen LogP) is 8.86. The van der Waals surface area contributed by atoms with Gasteiger partial charge in [0.2, 0.25) is 0 Å². The van der Waals surface area contributed by atoms with Crippen LogP contribution in [-0.2, 0) is 9.53 Å². The molecule has 2 nitrogen and oxygen atoms in total. The fraction of sp³-hybridized carbons (Fsp3) is 0.966. The molecule has 0 radical (unpaired) electrons. The van der Waals surface area contributed by atoms with Crippen molar-refractivity contribution in [1.82, 2.24) is 0 Å². The highest BCUT2D eigenvalue weighted by molar-refractivity contribution is 5.69. The molecular weight excluding hydrogens is 380 g/mol. The molecule has 0 N–H and O–H groups in total. The lowest BCUT2D eigenvalue weighted by atomic mass is 9.69. The van der Waals surface area contributed by atoms with Gasteiger partial charge in [-0.05, 0) is 74.5 Å². The number of carbonyl (C=O) groups is 1. The molecule has 0 aliphatic heterocycles. The van der Waals surface area contributed by atoms with Crippen molar-refractivity contribution in [2.45, 2.75) is 148 Å². The zero-order valence-corrected chi connectivity index (χ0v) is 20.9. The zero-order chi connectivity index (χ0) is 21.9. The molecule has 0 aromatic carbocycles. The van der Waals surface area contributed by atoms with Crippen LogP contribution in [0.5, 0.6) is 0 Å². The minimum Gasteiger partial charge on any atom is -0.462 e. The Kier molecular flexibility index (Phi) is 11.2. The fourth-order valence-corrected chi connectivity index (χ4v) is 6.97. The van der Waals surface area contributed by atoms with Gasteiger partial charge in [0.15, 0.2) is 0 Å². The van der Waals surface area contributed by atoms with E-state index >= 15 is 0 Å². The summed E-state index contributed by atoms with van der Waals surface area (Å²) in [5.41, 5.74) is 0. The third kappa shape index (κ3) is 8.73. The van der Waals surface area contributed by atoms with Crippen LogP contribution in [0.2, 0.25) is 0 Å². The van der Waals surface area contributed by atoms with Crippen LogP contribution in [-0.4, -0.2) is 12.1 Å². The summed E-state index contributed by atoms with van der Waals surface area (Å²) < 4.78 is 5.72. The van der Waals surface area contributed by atoms with Gasteiger partial charge in [-0.25, -0.2) is 0 Å². The van der Waals surface area contributed by atoms with E-state index in [0.717, 1.165) is 55.3 Å². The minimum absolute atomic E-state index is 0.0419. The third-order valence-corrected chi connectivity index (χ3v) is 9.22. The summed E-state index contributed by atoms with van der Waals surface area (Å²) in [5.74, 6) is 5.03. The Balaban J connectivity index is 1.25. The van der Waals surface area contributed by atoms with Crippen LogP contribution in [0.4, 0.5) is 0 Å². The van der Waals surface area contributed by atoms with E-state index in [1.807, 2.05) is 0 Å². The average Bonchev–Trinajstić information content (AvgIpc) is 2.81. The molecule has 3 rings (SSSR count). The van der Waals surface area contributed by atoms with E-state index in [-0.39, 0.29) is 12.1 Å². The first kappa shape index (κ1) is 25.1. The summed E-state index contributed by atoms with van der Waals surface area (Å²) in [6, 6.07) is 0. The highest BCUT2D eigenvalue weighted by atomic mass is 16.5. The van der Waals surface area contributed by atoms with Gasteiger partial charge in [0.1, 0.15) is 6.10 Å². The number of hydrogen-bond donors (Lipinski definition) is 0. The molecule has 3 aliphatic carbocycles. The van der Waals surface area contributed by atoms with Crippen LogP contribution in [0.25, 0.3) is 0 Å². The molecule has 180 valence electrons. The molecule has 3 fully saturated rings. The Hall–Kier alpha value is -0.530. The van der Waals surface area contributed by atoms with E-state index in [0.29, 0.717) is 6.42 Å². The second kappa shape index (κ2) is 13.9. The highest BCUT2D eigenvalue weighted by Gasteiger charge is 2.32. The van der Waals surface area contributed by atoms with Crippen LogP contribution >= 0.6 is 0 Å². The lowest BCUT2D eigenvalue weighted by molar-refractivity contribution is -0.151. The molecule has 2 heteroatoms. The Morgan fingerprint density at radius 2 is 1.06 bits per heavy atom. The Morgan fingerprint density at radius 3 is 1.58 bits per heavy atom. The maximum atomic E-state index is 11.9. The fourth-order valence-electron chi connectivity index (χ4n) is 6.97. The van der Waals surface area contributed by atoms with E-state index in [1.54, 1.807) is 0 Å². The second-order valence-electron chi connectivity index (χ2n) is 11.5. The summed E-state index contributed by atoms with van der Waals surface area (Å²) in [6.07, 6.45) is 27.0. The van der Waals surface area contributed by atoms with Gasteiger partial charge in [-0.2, -0.15) is 0 Å². The largest absolute Gasteiger partial charge is 0.462 e. The lowest BCUT2D eigenvalue weighted by Gasteiger charge is -2.38. The molecule has 0 saturated heterocycles. The van der Waals surface area contributed by atoms with Crippen LogP contribution in [0.1, 0.15) is 142 Å². The van der Waals surface area contributed by atoms with Crippen molar-refractivity contribution in [3.05, 3.63) is 0 Å². The van der Waals surface area contributed by atoms with Gasteiger partial charge in [-0.1, -0.05) is 90.9 Å². The number of rotatable bonds is 11. The molecule has 3 saturated carbocycles. The Bertz CT molecular complexity index is 477. The molecule has 3 aliphatic rings. The van der Waals surface area contributed by atoms with Crippen LogP contribution in [0.3, 0.4) is 0 Å². The van der Waals surface area contributed by atoms with Crippen LogP contribution in [0.15, 0.2) is 0 Å². The van der Waals surface area contributed by atoms with E-state index in [9.17, 15) is 4.79 Å². The first-order valence-electron chi connectivity index (χ1n) is 14.4. The molecule has 0 bridgehead atoms. The standard InChI is InChI=1S/C29H52O2/c1-3-5-7-23-9-11-24(12-10-23)13-14-25-15-17-26(18-16-25)27-19-21-28(22-20-27)31-29(30)8-6-4-2/h23-28H,3-22H2,1-2H3/t23-,24-,25-,26-,27-,28-. The molecule has 0 unspecified atom stereocenters. The SMILES string of the molecule is CCCCC(=O)O[C@H]1CC[C@H]([C@H]2CC[C@H](CC[C@H]3CC[C@H](CCCC)CC3)CC2)CC1. The second-order valence-corrected chi connectivity index (χ2v) is 11.5. The first-order chi connectivity index (χ1) is 15.2. The van der Waals surface area contributed by atoms with Crippen molar-refractivity contribution in [3.8, 4) is 0 Å². The van der Waals surface area contributed by atoms with E-state index in [4.69, 9.17) is 4.74 Å². The minimum atomic E-state index is 0.0419. The van der Waals surface area contributed by atoms with Gasteiger partial charge in [0.05, 0.1) is 0 Å². The molecule has 31 heavy (non-hydrogen) atoms. The maximum Gasteiger partial charge on any atom is 0.306 e. The van der Waals surface area contributed by atoms with Gasteiger partial charge < -0.3 is 4.74 Å². The third-order valence-electron chi connectivity index (χ3n) is 9.22. The van der Waals surface area contributed by atoms with Crippen LogP contribution in [0, 0.1) is 29.6 Å². The molecular formula is C29H52O2.